The van der Waals surface area contributed by atoms with Crippen molar-refractivity contribution in [2.75, 3.05) is 53.4 Å². The summed E-state index contributed by atoms with van der Waals surface area (Å²) in [6, 6.07) is 46.1. The molecule has 2 aliphatic rings. The van der Waals surface area contributed by atoms with Crippen molar-refractivity contribution in [3.05, 3.63) is 187 Å². The molecule has 332 valence electrons. The molecule has 2 fully saturated rings. The van der Waals surface area contributed by atoms with Crippen LogP contribution in [-0.4, -0.2) is 107 Å². The van der Waals surface area contributed by atoms with E-state index in [-0.39, 0.29) is 17.9 Å². The Morgan fingerprint density at radius 1 is 0.571 bits per heavy atom. The van der Waals surface area contributed by atoms with Gasteiger partial charge in [0, 0.05) is 81.7 Å². The number of nitrogens with zero attached hydrogens (tertiary/aromatic N) is 5. The number of aromatic nitrogens is 1. The number of pyridine rings is 1. The van der Waals surface area contributed by atoms with Gasteiger partial charge in [-0.15, -0.1) is 0 Å². The summed E-state index contributed by atoms with van der Waals surface area (Å²) in [5.41, 5.74) is 7.75. The average Bonchev–Trinajstić information content (AvgIpc) is 3.27. The van der Waals surface area contributed by atoms with Gasteiger partial charge in [-0.05, 0) is 88.9 Å². The lowest BCUT2D eigenvalue weighted by Gasteiger charge is -2.39. The van der Waals surface area contributed by atoms with Crippen LogP contribution in [0.1, 0.15) is 29.7 Å². The van der Waals surface area contributed by atoms with Crippen LogP contribution in [0.2, 0.25) is 20.1 Å². The van der Waals surface area contributed by atoms with Gasteiger partial charge in [-0.25, -0.2) is 4.98 Å². The molecular weight excluding hydrogens is 935 g/mol. The zero-order chi connectivity index (χ0) is 44.0. The molecule has 3 heterocycles. The Labute approximate surface area is 403 Å². The number of hydrogen-bond acceptors (Lipinski definition) is 7. The summed E-state index contributed by atoms with van der Waals surface area (Å²) in [5.74, 6) is 0. The van der Waals surface area contributed by atoms with E-state index < -0.39 is 7.12 Å². The van der Waals surface area contributed by atoms with Crippen LogP contribution in [0, 0.1) is 0 Å². The molecule has 1 aromatic heterocycles. The van der Waals surface area contributed by atoms with Crippen molar-refractivity contribution < 1.29 is 10.0 Å². The van der Waals surface area contributed by atoms with Crippen molar-refractivity contribution in [3.63, 3.8) is 0 Å². The highest BCUT2D eigenvalue weighted by molar-refractivity contribution is 9.10. The highest BCUT2D eigenvalue weighted by atomic mass is 79.9. The minimum Gasteiger partial charge on any atom is -0.423 e. The highest BCUT2D eigenvalue weighted by Crippen LogP contribution is 2.33. The summed E-state index contributed by atoms with van der Waals surface area (Å²) in [6.45, 7) is 8.62. The van der Waals surface area contributed by atoms with Crippen molar-refractivity contribution in [3.8, 4) is 11.1 Å². The van der Waals surface area contributed by atoms with Gasteiger partial charge in [0.2, 0.25) is 0 Å². The van der Waals surface area contributed by atoms with Crippen LogP contribution in [0.25, 0.3) is 11.1 Å². The van der Waals surface area contributed by atoms with Gasteiger partial charge in [0.25, 0.3) is 0 Å². The molecule has 0 bridgehead atoms. The van der Waals surface area contributed by atoms with Crippen LogP contribution in [0.15, 0.2) is 144 Å². The van der Waals surface area contributed by atoms with Gasteiger partial charge in [0.1, 0.15) is 4.60 Å². The zero-order valence-electron chi connectivity index (χ0n) is 35.1. The number of piperazine rings is 2. The first-order chi connectivity index (χ1) is 29.9. The van der Waals surface area contributed by atoms with Gasteiger partial charge in [-0.1, -0.05) is 169 Å². The fourth-order valence-electron chi connectivity index (χ4n) is 7.77. The van der Waals surface area contributed by atoms with Crippen LogP contribution < -0.4 is 5.46 Å². The zero-order valence-corrected chi connectivity index (χ0v) is 39.7. The lowest BCUT2D eigenvalue weighted by atomic mass is 9.80. The Kier molecular flexibility index (Phi) is 20.5. The van der Waals surface area contributed by atoms with Crippen molar-refractivity contribution in [1.29, 1.82) is 0 Å². The maximum absolute atomic E-state index is 8.74. The van der Waals surface area contributed by atoms with E-state index in [9.17, 15) is 0 Å². The van der Waals surface area contributed by atoms with Crippen molar-refractivity contribution >= 4 is 74.9 Å². The second kappa shape index (κ2) is 25.4. The van der Waals surface area contributed by atoms with Crippen molar-refractivity contribution in [2.24, 2.45) is 0 Å². The summed E-state index contributed by atoms with van der Waals surface area (Å²) in [4.78, 5) is 14.4. The van der Waals surface area contributed by atoms with Crippen LogP contribution in [0.5, 0.6) is 0 Å². The van der Waals surface area contributed by atoms with Crippen molar-refractivity contribution in [2.45, 2.75) is 45.4 Å². The van der Waals surface area contributed by atoms with Gasteiger partial charge < -0.3 is 19.8 Å². The van der Waals surface area contributed by atoms with E-state index >= 15 is 0 Å². The van der Waals surface area contributed by atoms with Gasteiger partial charge >= 0.3 is 7.12 Å². The molecule has 0 aliphatic carbocycles. The Hall–Kier alpha value is -3.29. The molecule has 13 heteroatoms. The summed E-state index contributed by atoms with van der Waals surface area (Å²) in [6.07, 6.45) is 4.18. The van der Waals surface area contributed by atoms with E-state index in [0.29, 0.717) is 27.2 Å². The van der Waals surface area contributed by atoms with Crippen molar-refractivity contribution in [1.82, 2.24) is 24.6 Å². The first kappa shape index (κ1) is 50.7. The first-order valence-corrected chi connectivity index (χ1v) is 23.1. The molecule has 0 radical (unpaired) electrons. The predicted octanol–water partition coefficient (Wildman–Crippen LogP) is 10.5. The molecule has 6 aromatic rings. The second-order valence-corrected chi connectivity index (χ2v) is 18.3. The van der Waals surface area contributed by atoms with Crippen LogP contribution in [0.4, 0.5) is 0 Å². The Morgan fingerprint density at radius 3 is 1.56 bits per heavy atom. The molecule has 0 amide bonds. The lowest BCUT2D eigenvalue weighted by Crippen LogP contribution is -2.51. The molecular formula is C50H57BBrCl4N5O2. The quantitative estimate of drug-likeness (QED) is 0.105. The van der Waals surface area contributed by atoms with Crippen LogP contribution in [0.3, 0.4) is 0 Å². The summed E-state index contributed by atoms with van der Waals surface area (Å²) >= 11 is 27.2. The van der Waals surface area contributed by atoms with Gasteiger partial charge in [-0.3, -0.25) is 9.80 Å². The molecule has 0 unspecified atom stereocenters. The second-order valence-electron chi connectivity index (χ2n) is 15.9. The van der Waals surface area contributed by atoms with Gasteiger partial charge in [-0.2, -0.15) is 0 Å². The third-order valence-corrected chi connectivity index (χ3v) is 13.5. The number of rotatable bonds is 10. The molecule has 5 aromatic carbocycles. The molecule has 2 N–H and O–H groups in total. The normalized spacial score (nSPS) is 17.1. The minimum absolute atomic E-state index is 0. The molecule has 8 rings (SSSR count). The average molecular weight is 993 g/mol. The van der Waals surface area contributed by atoms with E-state index in [0.717, 1.165) is 80.9 Å². The largest absolute Gasteiger partial charge is 0.490 e. The highest BCUT2D eigenvalue weighted by Gasteiger charge is 2.26. The molecule has 0 saturated carbocycles. The van der Waals surface area contributed by atoms with E-state index in [1.807, 2.05) is 30.5 Å². The van der Waals surface area contributed by atoms with E-state index in [2.05, 4.69) is 146 Å². The molecule has 0 spiro atoms. The predicted molar refractivity (Wildman–Crippen MR) is 271 cm³/mol. The number of likely N-dealkylation sites (N-methyl/N-ethyl adjacent to an activating group) is 2. The monoisotopic (exact) mass is 989 g/mol. The van der Waals surface area contributed by atoms with E-state index in [1.165, 1.54) is 28.3 Å². The fraction of sp³-hybridized carbons (Fsp3) is 0.300. The van der Waals surface area contributed by atoms with E-state index in [1.54, 1.807) is 12.1 Å². The number of halogens is 5. The summed E-state index contributed by atoms with van der Waals surface area (Å²) in [5, 5.41) is 19.2. The van der Waals surface area contributed by atoms with Gasteiger partial charge in [0.05, 0.1) is 20.1 Å². The smallest absolute Gasteiger partial charge is 0.423 e. The van der Waals surface area contributed by atoms with Crippen LogP contribution >= 0.6 is 62.3 Å². The van der Waals surface area contributed by atoms with Gasteiger partial charge in [0.15, 0.2) is 0 Å². The number of hydrogen-bond donors (Lipinski definition) is 2. The molecule has 7 nitrogen and oxygen atoms in total. The fourth-order valence-corrected chi connectivity index (χ4v) is 8.82. The topological polar surface area (TPSA) is 66.3 Å². The van der Waals surface area contributed by atoms with Crippen LogP contribution in [-0.2, 0) is 25.9 Å². The first-order valence-electron chi connectivity index (χ1n) is 20.8. The maximum Gasteiger partial charge on any atom is 0.490 e. The third kappa shape index (κ3) is 15.4. The summed E-state index contributed by atoms with van der Waals surface area (Å²) < 4.78 is 0.900. The molecule has 2 saturated heterocycles. The molecule has 2 aliphatic heterocycles. The Morgan fingerprint density at radius 2 is 1.06 bits per heavy atom. The Balaban J connectivity index is 0.000000194. The van der Waals surface area contributed by atoms with E-state index in [4.69, 9.17) is 56.5 Å². The molecule has 2 atom stereocenters. The SMILES string of the molecule is C.CN1CCN(Cc2ccc(-c3cccc(Cl)c3Cl)cc2)C[C@@H]1Cc1ccccc1.CN1CCN(Cc2ccc(Br)nc2)C[C@@H]1Cc1ccccc1.OB(O)c1cccc(Cl)c1Cl. The minimum atomic E-state index is -1.57. The molecule has 63 heavy (non-hydrogen) atoms. The summed E-state index contributed by atoms with van der Waals surface area (Å²) in [7, 11) is 2.92. The standard InChI is InChI=1S/C25H26Cl2N2.C18H22BrN3.C6H5BCl2O2.CH4/c1-28-14-15-29(18-22(28)16-19-6-3-2-4-7-19)17-20-10-12-21(13-11-20)23-8-5-9-24(26)25(23)27;1-21-9-10-22(13-16-7-8-18(19)20-12-16)14-17(21)11-15-5-3-2-4-6-15;8-5-3-1-2-4(6(5)9)7(10)11;/h2-13,22H,14-18H2,1H3;2-8,12,17H,9-11,13-14H2,1H3;1-3,10-11H;1H4/t22-;17-;;/m00../s1. The number of benzene rings is 5. The maximum atomic E-state index is 8.74. The third-order valence-electron chi connectivity index (χ3n) is 11.4. The lowest BCUT2D eigenvalue weighted by molar-refractivity contribution is 0.0904. The Bertz CT molecular complexity index is 2280.